The van der Waals surface area contributed by atoms with E-state index in [-0.39, 0.29) is 0 Å². The molecule has 0 spiro atoms. The minimum Gasteiger partial charge on any atom is -0.330 e. The predicted octanol–water partition coefficient (Wildman–Crippen LogP) is 4.65. The SMILES string of the molecule is NCCc1ccc(Sc2cc(Cl)ccc2Cl)cc1. The van der Waals surface area contributed by atoms with Crippen LogP contribution in [0.3, 0.4) is 0 Å². The smallest absolute Gasteiger partial charge is 0.0546 e. The van der Waals surface area contributed by atoms with Crippen LogP contribution in [-0.4, -0.2) is 6.54 Å². The van der Waals surface area contributed by atoms with Gasteiger partial charge in [0.05, 0.1) is 5.02 Å². The molecule has 18 heavy (non-hydrogen) atoms. The summed E-state index contributed by atoms with van der Waals surface area (Å²) in [5.74, 6) is 0. The monoisotopic (exact) mass is 297 g/mol. The van der Waals surface area contributed by atoms with Crippen molar-refractivity contribution >= 4 is 35.0 Å². The van der Waals surface area contributed by atoms with E-state index in [0.29, 0.717) is 11.6 Å². The molecule has 0 bridgehead atoms. The highest BCUT2D eigenvalue weighted by Gasteiger charge is 2.04. The van der Waals surface area contributed by atoms with Crippen LogP contribution in [0.4, 0.5) is 0 Å². The topological polar surface area (TPSA) is 26.0 Å². The summed E-state index contributed by atoms with van der Waals surface area (Å²) in [6.07, 6.45) is 0.906. The first-order valence-corrected chi connectivity index (χ1v) is 7.18. The van der Waals surface area contributed by atoms with Gasteiger partial charge in [-0.1, -0.05) is 47.1 Å². The molecule has 4 heteroatoms. The quantitative estimate of drug-likeness (QED) is 0.889. The second kappa shape index (κ2) is 6.48. The van der Waals surface area contributed by atoms with Crippen LogP contribution in [0.15, 0.2) is 52.3 Å². The Morgan fingerprint density at radius 2 is 1.72 bits per heavy atom. The fourth-order valence-corrected chi connectivity index (χ4v) is 2.92. The minimum atomic E-state index is 0.673. The second-order valence-electron chi connectivity index (χ2n) is 3.86. The van der Waals surface area contributed by atoms with Crippen molar-refractivity contribution in [2.24, 2.45) is 5.73 Å². The van der Waals surface area contributed by atoms with Crippen molar-refractivity contribution in [1.82, 2.24) is 0 Å². The Morgan fingerprint density at radius 1 is 1.00 bits per heavy atom. The van der Waals surface area contributed by atoms with Gasteiger partial charge in [0.15, 0.2) is 0 Å². The Bertz CT molecular complexity index is 526. The summed E-state index contributed by atoms with van der Waals surface area (Å²) < 4.78 is 0. The predicted molar refractivity (Wildman–Crippen MR) is 79.8 cm³/mol. The third-order valence-electron chi connectivity index (χ3n) is 2.48. The average molecular weight is 298 g/mol. The Morgan fingerprint density at radius 3 is 2.39 bits per heavy atom. The molecule has 2 N–H and O–H groups in total. The maximum atomic E-state index is 6.13. The molecule has 0 saturated heterocycles. The zero-order valence-corrected chi connectivity index (χ0v) is 12.0. The van der Waals surface area contributed by atoms with Gasteiger partial charge < -0.3 is 5.73 Å². The molecule has 0 aliphatic rings. The van der Waals surface area contributed by atoms with Gasteiger partial charge in [-0.25, -0.2) is 0 Å². The highest BCUT2D eigenvalue weighted by molar-refractivity contribution is 7.99. The van der Waals surface area contributed by atoms with Gasteiger partial charge in [-0.05, 0) is 48.9 Å². The number of nitrogens with two attached hydrogens (primary N) is 1. The molecule has 1 nitrogen and oxygen atoms in total. The molecule has 0 unspecified atom stereocenters. The maximum absolute atomic E-state index is 6.13. The third kappa shape index (κ3) is 3.66. The van der Waals surface area contributed by atoms with Gasteiger partial charge in [-0.2, -0.15) is 0 Å². The Balaban J connectivity index is 2.15. The molecule has 0 atom stereocenters. The zero-order chi connectivity index (χ0) is 13.0. The van der Waals surface area contributed by atoms with Gasteiger partial charge in [0, 0.05) is 14.8 Å². The van der Waals surface area contributed by atoms with E-state index < -0.39 is 0 Å². The fourth-order valence-electron chi connectivity index (χ4n) is 1.57. The van der Waals surface area contributed by atoms with E-state index in [1.54, 1.807) is 17.8 Å². The van der Waals surface area contributed by atoms with E-state index in [1.165, 1.54) is 5.56 Å². The highest BCUT2D eigenvalue weighted by atomic mass is 35.5. The maximum Gasteiger partial charge on any atom is 0.0546 e. The summed E-state index contributed by atoms with van der Waals surface area (Å²) in [6.45, 7) is 0.673. The van der Waals surface area contributed by atoms with Crippen molar-refractivity contribution in [2.45, 2.75) is 16.2 Å². The first-order chi connectivity index (χ1) is 8.69. The van der Waals surface area contributed by atoms with Gasteiger partial charge in [0.25, 0.3) is 0 Å². The third-order valence-corrected chi connectivity index (χ3v) is 4.22. The number of halogens is 2. The van der Waals surface area contributed by atoms with Crippen LogP contribution in [0.1, 0.15) is 5.56 Å². The Labute approximate surface area is 121 Å². The molecule has 0 heterocycles. The van der Waals surface area contributed by atoms with Gasteiger partial charge in [0.1, 0.15) is 0 Å². The molecule has 0 fully saturated rings. The largest absolute Gasteiger partial charge is 0.330 e. The molecule has 0 aliphatic carbocycles. The van der Waals surface area contributed by atoms with E-state index >= 15 is 0 Å². The summed E-state index contributed by atoms with van der Waals surface area (Å²) >= 11 is 13.7. The summed E-state index contributed by atoms with van der Waals surface area (Å²) in [7, 11) is 0. The van der Waals surface area contributed by atoms with Crippen LogP contribution in [0.2, 0.25) is 10.0 Å². The fraction of sp³-hybridized carbons (Fsp3) is 0.143. The van der Waals surface area contributed by atoms with Crippen molar-refractivity contribution in [3.8, 4) is 0 Å². The molecule has 0 aromatic heterocycles. The zero-order valence-electron chi connectivity index (χ0n) is 9.70. The number of hydrogen-bond donors (Lipinski definition) is 1. The minimum absolute atomic E-state index is 0.673. The van der Waals surface area contributed by atoms with Crippen molar-refractivity contribution < 1.29 is 0 Å². The lowest BCUT2D eigenvalue weighted by atomic mass is 10.2. The van der Waals surface area contributed by atoms with E-state index in [1.807, 2.05) is 12.1 Å². The first-order valence-electron chi connectivity index (χ1n) is 5.61. The van der Waals surface area contributed by atoms with E-state index in [0.717, 1.165) is 21.2 Å². The normalized spacial score (nSPS) is 10.6. The van der Waals surface area contributed by atoms with Gasteiger partial charge in [0.2, 0.25) is 0 Å². The van der Waals surface area contributed by atoms with E-state index in [4.69, 9.17) is 28.9 Å². The van der Waals surface area contributed by atoms with Gasteiger partial charge in [-0.3, -0.25) is 0 Å². The number of rotatable bonds is 4. The van der Waals surface area contributed by atoms with Gasteiger partial charge >= 0.3 is 0 Å². The average Bonchev–Trinajstić information content (AvgIpc) is 2.37. The molecule has 2 aromatic rings. The van der Waals surface area contributed by atoms with Crippen LogP contribution in [-0.2, 0) is 6.42 Å². The van der Waals surface area contributed by atoms with Crippen molar-refractivity contribution in [3.63, 3.8) is 0 Å². The summed E-state index contributed by atoms with van der Waals surface area (Å²) in [5, 5.41) is 1.41. The summed E-state index contributed by atoms with van der Waals surface area (Å²) in [6, 6.07) is 13.8. The van der Waals surface area contributed by atoms with Crippen molar-refractivity contribution in [2.75, 3.05) is 6.54 Å². The van der Waals surface area contributed by atoms with Crippen molar-refractivity contribution in [1.29, 1.82) is 0 Å². The van der Waals surface area contributed by atoms with Gasteiger partial charge in [-0.15, -0.1) is 0 Å². The van der Waals surface area contributed by atoms with Crippen LogP contribution in [0.25, 0.3) is 0 Å². The number of benzene rings is 2. The van der Waals surface area contributed by atoms with E-state index in [2.05, 4.69) is 24.3 Å². The standard InChI is InChI=1S/C14H13Cl2NS/c15-11-3-6-13(16)14(9-11)18-12-4-1-10(2-5-12)7-8-17/h1-6,9H,7-8,17H2. The molecule has 0 aliphatic heterocycles. The Kier molecular flexibility index (Phi) is 4.95. The molecule has 0 amide bonds. The van der Waals surface area contributed by atoms with E-state index in [9.17, 15) is 0 Å². The van der Waals surface area contributed by atoms with Crippen LogP contribution < -0.4 is 5.73 Å². The lowest BCUT2D eigenvalue weighted by Crippen LogP contribution is -2.02. The van der Waals surface area contributed by atoms with Crippen LogP contribution >= 0.6 is 35.0 Å². The molecule has 2 aromatic carbocycles. The molecule has 0 radical (unpaired) electrons. The lowest BCUT2D eigenvalue weighted by Gasteiger charge is -2.06. The second-order valence-corrected chi connectivity index (χ2v) is 5.82. The van der Waals surface area contributed by atoms with Crippen LogP contribution in [0.5, 0.6) is 0 Å². The molecule has 2 rings (SSSR count). The molecule has 94 valence electrons. The number of hydrogen-bond acceptors (Lipinski definition) is 2. The highest BCUT2D eigenvalue weighted by Crippen LogP contribution is 2.35. The van der Waals surface area contributed by atoms with Crippen molar-refractivity contribution in [3.05, 3.63) is 58.1 Å². The lowest BCUT2D eigenvalue weighted by molar-refractivity contribution is 0.966. The van der Waals surface area contributed by atoms with Crippen LogP contribution in [0, 0.1) is 0 Å². The molecule has 0 saturated carbocycles. The molecular formula is C14H13Cl2NS. The first kappa shape index (κ1) is 13.8. The summed E-state index contributed by atoms with van der Waals surface area (Å²) in [5.41, 5.74) is 6.77. The summed E-state index contributed by atoms with van der Waals surface area (Å²) in [4.78, 5) is 2.11. The Hall–Kier alpha value is -0.670. The molecular weight excluding hydrogens is 285 g/mol.